The molecule has 2 aromatic carbocycles. The summed E-state index contributed by atoms with van der Waals surface area (Å²) in [5, 5.41) is 3.77. The molecular formula is C30H45N3O. The summed E-state index contributed by atoms with van der Waals surface area (Å²) in [6.45, 7) is 15.7. The maximum Gasteiger partial charge on any atom is 0.143 e. The van der Waals surface area contributed by atoms with E-state index in [1.807, 2.05) is 0 Å². The van der Waals surface area contributed by atoms with Gasteiger partial charge < -0.3 is 10.1 Å². The van der Waals surface area contributed by atoms with Crippen LogP contribution < -0.4 is 10.1 Å². The van der Waals surface area contributed by atoms with Crippen LogP contribution in [0, 0.1) is 0 Å². The van der Waals surface area contributed by atoms with Gasteiger partial charge in [0.2, 0.25) is 0 Å². The van der Waals surface area contributed by atoms with Gasteiger partial charge in [0.25, 0.3) is 0 Å². The minimum atomic E-state index is 0.0213. The summed E-state index contributed by atoms with van der Waals surface area (Å²) >= 11 is 0. The average Bonchev–Trinajstić information content (AvgIpc) is 2.88. The van der Waals surface area contributed by atoms with Gasteiger partial charge in [-0.05, 0) is 103 Å². The first-order valence-electron chi connectivity index (χ1n) is 13.4. The number of anilines is 1. The number of rotatable bonds is 9. The standard InChI is InChI=1S/C30H45N3O/c1-29(2,32-18-10-6-11-19-32)23-31-27-17-16-26(25-14-8-5-9-15-25)22-28(27)34-24-30(3,4)33-20-12-7-13-21-33/h5,8-9,14-17,22,31H,6-7,10-13,18-21,23-24H2,1-4H3. The fourth-order valence-electron chi connectivity index (χ4n) is 5.37. The quantitative estimate of drug-likeness (QED) is 0.449. The van der Waals surface area contributed by atoms with E-state index in [4.69, 9.17) is 4.74 Å². The highest BCUT2D eigenvalue weighted by molar-refractivity contribution is 5.71. The van der Waals surface area contributed by atoms with E-state index in [0.717, 1.165) is 18.0 Å². The smallest absolute Gasteiger partial charge is 0.143 e. The zero-order chi connectivity index (χ0) is 24.0. The molecule has 2 heterocycles. The Morgan fingerprint density at radius 2 is 1.29 bits per heavy atom. The first kappa shape index (κ1) is 25.1. The number of piperidine rings is 2. The van der Waals surface area contributed by atoms with E-state index >= 15 is 0 Å². The highest BCUT2D eigenvalue weighted by atomic mass is 16.5. The molecule has 0 saturated carbocycles. The van der Waals surface area contributed by atoms with Gasteiger partial charge in [0.15, 0.2) is 0 Å². The number of nitrogens with one attached hydrogen (secondary N) is 1. The zero-order valence-corrected chi connectivity index (χ0v) is 21.9. The number of hydrogen-bond acceptors (Lipinski definition) is 4. The molecule has 4 rings (SSSR count). The van der Waals surface area contributed by atoms with Gasteiger partial charge in [-0.25, -0.2) is 0 Å². The maximum absolute atomic E-state index is 6.61. The van der Waals surface area contributed by atoms with Gasteiger partial charge >= 0.3 is 0 Å². The summed E-state index contributed by atoms with van der Waals surface area (Å²) in [4.78, 5) is 5.24. The van der Waals surface area contributed by atoms with Gasteiger partial charge in [-0.3, -0.25) is 9.80 Å². The zero-order valence-electron chi connectivity index (χ0n) is 21.9. The van der Waals surface area contributed by atoms with Gasteiger partial charge in [-0.15, -0.1) is 0 Å². The molecular weight excluding hydrogens is 418 g/mol. The molecule has 0 radical (unpaired) electrons. The molecule has 34 heavy (non-hydrogen) atoms. The van der Waals surface area contributed by atoms with E-state index in [0.29, 0.717) is 6.61 Å². The van der Waals surface area contributed by atoms with Crippen LogP contribution in [0.15, 0.2) is 48.5 Å². The van der Waals surface area contributed by atoms with E-state index in [1.54, 1.807) is 0 Å². The first-order chi connectivity index (χ1) is 16.4. The van der Waals surface area contributed by atoms with Crippen LogP contribution in [-0.4, -0.2) is 60.2 Å². The normalized spacial score (nSPS) is 18.6. The summed E-state index contributed by atoms with van der Waals surface area (Å²) in [6, 6.07) is 17.3. The van der Waals surface area contributed by atoms with Crippen molar-refractivity contribution in [3.8, 4) is 16.9 Å². The Kier molecular flexibility index (Phi) is 8.21. The molecule has 0 aliphatic carbocycles. The maximum atomic E-state index is 6.61. The summed E-state index contributed by atoms with van der Waals surface area (Å²) in [5.41, 5.74) is 3.66. The summed E-state index contributed by atoms with van der Waals surface area (Å²) in [5.74, 6) is 0.959. The van der Waals surface area contributed by atoms with Crippen molar-refractivity contribution < 1.29 is 4.74 Å². The summed E-state index contributed by atoms with van der Waals surface area (Å²) in [6.07, 6.45) is 7.94. The fourth-order valence-corrected chi connectivity index (χ4v) is 5.37. The summed E-state index contributed by atoms with van der Waals surface area (Å²) in [7, 11) is 0. The predicted molar refractivity (Wildman–Crippen MR) is 145 cm³/mol. The molecule has 2 aliphatic heterocycles. The molecule has 0 aromatic heterocycles. The Morgan fingerprint density at radius 3 is 1.91 bits per heavy atom. The highest BCUT2D eigenvalue weighted by Crippen LogP contribution is 2.33. The minimum absolute atomic E-state index is 0.0213. The molecule has 0 atom stereocenters. The second kappa shape index (κ2) is 11.1. The van der Waals surface area contributed by atoms with Crippen LogP contribution in [0.2, 0.25) is 0 Å². The van der Waals surface area contributed by atoms with E-state index < -0.39 is 0 Å². The third-order valence-corrected chi connectivity index (χ3v) is 7.81. The van der Waals surface area contributed by atoms with Crippen LogP contribution >= 0.6 is 0 Å². The molecule has 4 nitrogen and oxygen atoms in total. The lowest BCUT2D eigenvalue weighted by Gasteiger charge is -2.41. The van der Waals surface area contributed by atoms with Crippen molar-refractivity contribution in [3.05, 3.63) is 48.5 Å². The van der Waals surface area contributed by atoms with Crippen molar-refractivity contribution in [2.75, 3.05) is 44.6 Å². The molecule has 4 heteroatoms. The molecule has 0 bridgehead atoms. The van der Waals surface area contributed by atoms with E-state index in [-0.39, 0.29) is 11.1 Å². The molecule has 2 saturated heterocycles. The number of nitrogens with zero attached hydrogens (tertiary/aromatic N) is 2. The second-order valence-electron chi connectivity index (χ2n) is 11.4. The molecule has 0 amide bonds. The van der Waals surface area contributed by atoms with Crippen molar-refractivity contribution in [2.24, 2.45) is 0 Å². The predicted octanol–water partition coefficient (Wildman–Crippen LogP) is 6.67. The van der Waals surface area contributed by atoms with Crippen molar-refractivity contribution in [3.63, 3.8) is 0 Å². The third kappa shape index (κ3) is 6.34. The van der Waals surface area contributed by atoms with Crippen LogP contribution in [-0.2, 0) is 0 Å². The van der Waals surface area contributed by atoms with Crippen LogP contribution in [0.1, 0.15) is 66.2 Å². The average molecular weight is 464 g/mol. The number of ether oxygens (including phenoxy) is 1. The second-order valence-corrected chi connectivity index (χ2v) is 11.4. The van der Waals surface area contributed by atoms with Crippen molar-refractivity contribution in [1.82, 2.24) is 9.80 Å². The van der Waals surface area contributed by atoms with Crippen LogP contribution in [0.3, 0.4) is 0 Å². The van der Waals surface area contributed by atoms with Crippen molar-refractivity contribution in [1.29, 1.82) is 0 Å². The third-order valence-electron chi connectivity index (χ3n) is 7.81. The van der Waals surface area contributed by atoms with E-state index in [1.165, 1.54) is 75.8 Å². The molecule has 1 N–H and O–H groups in total. The molecule has 2 aromatic rings. The van der Waals surface area contributed by atoms with E-state index in [2.05, 4.69) is 91.3 Å². The van der Waals surface area contributed by atoms with Gasteiger partial charge in [0, 0.05) is 17.6 Å². The Morgan fingerprint density at radius 1 is 0.706 bits per heavy atom. The van der Waals surface area contributed by atoms with Crippen LogP contribution in [0.5, 0.6) is 5.75 Å². The highest BCUT2D eigenvalue weighted by Gasteiger charge is 2.30. The Bertz CT molecular complexity index is 897. The molecule has 0 unspecified atom stereocenters. The summed E-state index contributed by atoms with van der Waals surface area (Å²) < 4.78 is 6.61. The molecule has 186 valence electrons. The van der Waals surface area contributed by atoms with Crippen LogP contribution in [0.4, 0.5) is 5.69 Å². The first-order valence-corrected chi connectivity index (χ1v) is 13.4. The molecule has 2 fully saturated rings. The molecule has 0 spiro atoms. The Labute approximate surface area is 207 Å². The van der Waals surface area contributed by atoms with Gasteiger partial charge in [0.1, 0.15) is 12.4 Å². The van der Waals surface area contributed by atoms with Gasteiger partial charge in [-0.2, -0.15) is 0 Å². The van der Waals surface area contributed by atoms with Crippen molar-refractivity contribution >= 4 is 5.69 Å². The van der Waals surface area contributed by atoms with Gasteiger partial charge in [0.05, 0.1) is 5.69 Å². The number of hydrogen-bond donors (Lipinski definition) is 1. The minimum Gasteiger partial charge on any atom is -0.489 e. The monoisotopic (exact) mass is 463 g/mol. The lowest BCUT2D eigenvalue weighted by molar-refractivity contribution is 0.0517. The lowest BCUT2D eigenvalue weighted by Crippen LogP contribution is -2.51. The van der Waals surface area contributed by atoms with E-state index in [9.17, 15) is 0 Å². The number of benzene rings is 2. The van der Waals surface area contributed by atoms with Gasteiger partial charge in [-0.1, -0.05) is 49.2 Å². The number of likely N-dealkylation sites (tertiary alicyclic amines) is 2. The Hall–Kier alpha value is -2.04. The van der Waals surface area contributed by atoms with Crippen molar-refractivity contribution in [2.45, 2.75) is 77.3 Å². The molecule has 2 aliphatic rings. The fraction of sp³-hybridized carbons (Fsp3) is 0.600. The largest absolute Gasteiger partial charge is 0.489 e. The van der Waals surface area contributed by atoms with Crippen LogP contribution in [0.25, 0.3) is 11.1 Å². The Balaban J connectivity index is 1.51. The lowest BCUT2D eigenvalue weighted by atomic mass is 9.98. The SMILES string of the molecule is CC(C)(CNc1ccc(-c2ccccc2)cc1OCC(C)(C)N1CCCCC1)N1CCCCC1. The topological polar surface area (TPSA) is 27.7 Å².